The van der Waals surface area contributed by atoms with Crippen molar-refractivity contribution in [1.29, 1.82) is 0 Å². The molecule has 0 unspecified atom stereocenters. The van der Waals surface area contributed by atoms with E-state index >= 15 is 0 Å². The Hall–Kier alpha value is -2.69. The van der Waals surface area contributed by atoms with Crippen LogP contribution in [-0.2, 0) is 11.2 Å². The number of aromatic nitrogens is 3. The molecule has 0 atom stereocenters. The van der Waals surface area contributed by atoms with Crippen molar-refractivity contribution in [1.82, 2.24) is 15.0 Å². The third kappa shape index (κ3) is 4.48. The Morgan fingerprint density at radius 3 is 2.50 bits per heavy atom. The third-order valence-electron chi connectivity index (χ3n) is 4.24. The van der Waals surface area contributed by atoms with Gasteiger partial charge in [-0.1, -0.05) is 39.3 Å². The number of fused-ring (bicyclic) bond motifs is 1. The van der Waals surface area contributed by atoms with Crippen molar-refractivity contribution < 1.29 is 4.79 Å². The molecule has 2 aromatic carbocycles. The molecule has 0 radical (unpaired) electrons. The number of carbonyl (C=O) groups is 1. The summed E-state index contributed by atoms with van der Waals surface area (Å²) < 4.78 is 0. The molecule has 0 saturated carbocycles. The molecular weight excluding hydrogens is 324 g/mol. The molecule has 136 valence electrons. The molecule has 1 amide bonds. The van der Waals surface area contributed by atoms with Crippen LogP contribution in [0.5, 0.6) is 0 Å². The molecule has 1 N–H and O–H groups in total. The lowest BCUT2D eigenvalue weighted by Crippen LogP contribution is -2.13. The molecule has 0 aliphatic rings. The number of nitrogens with one attached hydrogen (secondary N) is 1. The molecule has 5 nitrogen and oxygen atoms in total. The highest BCUT2D eigenvalue weighted by Crippen LogP contribution is 2.18. The van der Waals surface area contributed by atoms with E-state index in [1.54, 1.807) is 4.80 Å². The normalized spacial score (nSPS) is 11.2. The number of rotatable bonds is 7. The number of unbranched alkanes of at least 4 members (excludes halogenated alkanes) is 1. The second kappa shape index (κ2) is 8.13. The summed E-state index contributed by atoms with van der Waals surface area (Å²) in [5, 5.41) is 12.0. The molecule has 0 fully saturated rings. The maximum atomic E-state index is 11.9. The van der Waals surface area contributed by atoms with E-state index in [1.807, 2.05) is 32.0 Å². The number of anilines is 1. The highest BCUT2D eigenvalue weighted by atomic mass is 16.1. The number of nitrogens with zero attached hydrogens (tertiary/aromatic N) is 3. The largest absolute Gasteiger partial charge is 0.326 e. The molecule has 0 aliphatic heterocycles. The van der Waals surface area contributed by atoms with E-state index in [2.05, 4.69) is 46.7 Å². The van der Waals surface area contributed by atoms with Crippen molar-refractivity contribution in [2.75, 3.05) is 5.32 Å². The third-order valence-corrected chi connectivity index (χ3v) is 4.24. The average molecular weight is 350 g/mol. The van der Waals surface area contributed by atoms with Gasteiger partial charge in [-0.3, -0.25) is 4.79 Å². The maximum Gasteiger partial charge on any atom is 0.224 e. The number of benzene rings is 2. The van der Waals surface area contributed by atoms with Gasteiger partial charge < -0.3 is 5.32 Å². The molecule has 0 bridgehead atoms. The summed E-state index contributed by atoms with van der Waals surface area (Å²) in [6.45, 7) is 6.26. The van der Waals surface area contributed by atoms with Gasteiger partial charge in [-0.2, -0.15) is 4.80 Å². The minimum absolute atomic E-state index is 0.0226. The van der Waals surface area contributed by atoms with Gasteiger partial charge in [-0.05, 0) is 54.7 Å². The predicted octanol–water partition coefficient (Wildman–Crippen LogP) is 4.75. The lowest BCUT2D eigenvalue weighted by molar-refractivity contribution is -0.116. The Labute approximate surface area is 154 Å². The number of aryl methyl sites for hydroxylation is 1. The van der Waals surface area contributed by atoms with Crippen molar-refractivity contribution in [3.63, 3.8) is 0 Å². The van der Waals surface area contributed by atoms with Gasteiger partial charge in [0.05, 0.1) is 5.69 Å². The van der Waals surface area contributed by atoms with Gasteiger partial charge in [-0.25, -0.2) is 0 Å². The number of hydrogen-bond donors (Lipinski definition) is 1. The van der Waals surface area contributed by atoms with Crippen LogP contribution in [0.2, 0.25) is 0 Å². The fraction of sp³-hybridized carbons (Fsp3) is 0.381. The maximum absolute atomic E-state index is 11.9. The van der Waals surface area contributed by atoms with Crippen LogP contribution >= 0.6 is 0 Å². The highest BCUT2D eigenvalue weighted by Gasteiger charge is 2.09. The molecule has 0 aliphatic carbocycles. The van der Waals surface area contributed by atoms with Crippen LogP contribution < -0.4 is 5.32 Å². The summed E-state index contributed by atoms with van der Waals surface area (Å²) in [7, 11) is 0. The first-order chi connectivity index (χ1) is 12.5. The highest BCUT2D eigenvalue weighted by molar-refractivity contribution is 5.93. The van der Waals surface area contributed by atoms with Gasteiger partial charge in [0.1, 0.15) is 11.0 Å². The minimum atomic E-state index is 0.0226. The molecule has 0 spiro atoms. The lowest BCUT2D eigenvalue weighted by atomic mass is 10.1. The summed E-state index contributed by atoms with van der Waals surface area (Å²) in [4.78, 5) is 13.6. The van der Waals surface area contributed by atoms with Gasteiger partial charge in [0.2, 0.25) is 5.91 Å². The second-order valence-electron chi connectivity index (χ2n) is 7.11. The Kier molecular flexibility index (Phi) is 5.66. The molecule has 26 heavy (non-hydrogen) atoms. The fourth-order valence-electron chi connectivity index (χ4n) is 2.87. The van der Waals surface area contributed by atoms with Crippen molar-refractivity contribution in [2.45, 2.75) is 46.5 Å². The zero-order chi connectivity index (χ0) is 18.5. The van der Waals surface area contributed by atoms with Crippen LogP contribution in [0.1, 0.15) is 45.6 Å². The zero-order valence-electron chi connectivity index (χ0n) is 15.7. The summed E-state index contributed by atoms with van der Waals surface area (Å²) in [5.74, 6) is 0.356. The van der Waals surface area contributed by atoms with Gasteiger partial charge in [0.15, 0.2) is 0 Å². The van der Waals surface area contributed by atoms with Gasteiger partial charge in [0, 0.05) is 12.1 Å². The smallest absolute Gasteiger partial charge is 0.224 e. The summed E-state index contributed by atoms with van der Waals surface area (Å²) in [6, 6.07) is 14.0. The van der Waals surface area contributed by atoms with E-state index in [1.165, 1.54) is 18.4 Å². The van der Waals surface area contributed by atoms with Crippen LogP contribution in [0.4, 0.5) is 5.69 Å². The molecule has 5 heteroatoms. The topological polar surface area (TPSA) is 59.8 Å². The van der Waals surface area contributed by atoms with E-state index in [9.17, 15) is 4.79 Å². The van der Waals surface area contributed by atoms with Gasteiger partial charge >= 0.3 is 0 Å². The number of hydrogen-bond acceptors (Lipinski definition) is 3. The summed E-state index contributed by atoms with van der Waals surface area (Å²) in [5.41, 5.74) is 4.60. The summed E-state index contributed by atoms with van der Waals surface area (Å²) >= 11 is 0. The van der Waals surface area contributed by atoms with E-state index in [0.717, 1.165) is 28.8 Å². The first-order valence-electron chi connectivity index (χ1n) is 9.31. The van der Waals surface area contributed by atoms with Crippen molar-refractivity contribution in [3.05, 3.63) is 48.0 Å². The molecule has 3 rings (SSSR count). The van der Waals surface area contributed by atoms with E-state index in [0.29, 0.717) is 12.3 Å². The van der Waals surface area contributed by atoms with E-state index in [-0.39, 0.29) is 5.91 Å². The van der Waals surface area contributed by atoms with Crippen LogP contribution in [0.3, 0.4) is 0 Å². The first kappa shape index (κ1) is 18.1. The van der Waals surface area contributed by atoms with Crippen LogP contribution in [0.25, 0.3) is 16.7 Å². The lowest BCUT2D eigenvalue weighted by Gasteiger charge is -2.06. The van der Waals surface area contributed by atoms with Crippen LogP contribution in [0.15, 0.2) is 42.5 Å². The molecule has 0 saturated heterocycles. The van der Waals surface area contributed by atoms with Crippen molar-refractivity contribution >= 4 is 22.6 Å². The molecule has 1 aromatic heterocycles. The standard InChI is InChI=1S/C21H26N4O/c1-4-5-6-16-7-10-18(11-8-16)25-23-19-12-9-17(14-20(19)24-25)22-21(26)13-15(2)3/h7-12,14-15H,4-6,13H2,1-3H3,(H,22,26). The molecule has 1 heterocycles. The minimum Gasteiger partial charge on any atom is -0.326 e. The second-order valence-corrected chi connectivity index (χ2v) is 7.11. The Morgan fingerprint density at radius 1 is 1.08 bits per heavy atom. The van der Waals surface area contributed by atoms with E-state index < -0.39 is 0 Å². The van der Waals surface area contributed by atoms with Gasteiger partial charge in [-0.15, -0.1) is 10.2 Å². The number of amides is 1. The Bertz CT molecular complexity index is 881. The monoisotopic (exact) mass is 350 g/mol. The molecule has 3 aromatic rings. The fourth-order valence-corrected chi connectivity index (χ4v) is 2.87. The van der Waals surface area contributed by atoms with Crippen molar-refractivity contribution in [3.8, 4) is 5.69 Å². The van der Waals surface area contributed by atoms with E-state index in [4.69, 9.17) is 0 Å². The average Bonchev–Trinajstić information content (AvgIpc) is 3.03. The molecular formula is C21H26N4O. The Balaban J connectivity index is 1.77. The van der Waals surface area contributed by atoms with Crippen molar-refractivity contribution in [2.24, 2.45) is 5.92 Å². The Morgan fingerprint density at radius 2 is 1.81 bits per heavy atom. The van der Waals surface area contributed by atoms with Crippen LogP contribution in [0, 0.1) is 5.92 Å². The number of carbonyl (C=O) groups excluding carboxylic acids is 1. The zero-order valence-corrected chi connectivity index (χ0v) is 15.7. The predicted molar refractivity (Wildman–Crippen MR) is 106 cm³/mol. The van der Waals surface area contributed by atoms with Crippen LogP contribution in [-0.4, -0.2) is 20.9 Å². The first-order valence-corrected chi connectivity index (χ1v) is 9.31. The van der Waals surface area contributed by atoms with Gasteiger partial charge in [0.25, 0.3) is 0 Å². The summed E-state index contributed by atoms with van der Waals surface area (Å²) in [6.07, 6.45) is 4.01. The quantitative estimate of drug-likeness (QED) is 0.669. The SMILES string of the molecule is CCCCc1ccc(-n2nc3ccc(NC(=O)CC(C)C)cc3n2)cc1.